The zero-order chi connectivity index (χ0) is 21.0. The van der Waals surface area contributed by atoms with Crippen molar-refractivity contribution in [2.24, 2.45) is 0 Å². The van der Waals surface area contributed by atoms with E-state index in [9.17, 15) is 14.0 Å². The number of ether oxygens (including phenoxy) is 2. The van der Waals surface area contributed by atoms with E-state index < -0.39 is 0 Å². The third-order valence-electron chi connectivity index (χ3n) is 4.90. The molecule has 2 aromatic carbocycles. The molecular weight excluding hydrogens is 399 g/mol. The van der Waals surface area contributed by atoms with Crippen LogP contribution in [-0.4, -0.2) is 50.1 Å². The highest BCUT2D eigenvalue weighted by molar-refractivity contribution is 6.32. The summed E-state index contributed by atoms with van der Waals surface area (Å²) in [6, 6.07) is 8.53. The third kappa shape index (κ3) is 4.79. The highest BCUT2D eigenvalue weighted by atomic mass is 35.5. The van der Waals surface area contributed by atoms with Gasteiger partial charge in [0.1, 0.15) is 5.82 Å². The molecule has 0 aliphatic carbocycles. The van der Waals surface area contributed by atoms with E-state index in [2.05, 4.69) is 5.32 Å². The molecule has 0 saturated carbocycles. The van der Waals surface area contributed by atoms with Gasteiger partial charge in [0, 0.05) is 30.3 Å². The predicted octanol–water partition coefficient (Wildman–Crippen LogP) is 3.53. The van der Waals surface area contributed by atoms with Crippen LogP contribution in [0.25, 0.3) is 0 Å². The second-order valence-corrected chi connectivity index (χ2v) is 7.15. The Labute approximate surface area is 173 Å². The molecule has 0 radical (unpaired) electrons. The summed E-state index contributed by atoms with van der Waals surface area (Å²) >= 11 is 6.20. The fraction of sp³-hybridized carbons (Fsp3) is 0.333. The summed E-state index contributed by atoms with van der Waals surface area (Å²) in [7, 11) is 2.97. The van der Waals surface area contributed by atoms with E-state index in [-0.39, 0.29) is 23.7 Å². The van der Waals surface area contributed by atoms with E-state index in [1.54, 1.807) is 17.0 Å². The van der Waals surface area contributed by atoms with Gasteiger partial charge >= 0.3 is 0 Å². The molecule has 1 N–H and O–H groups in total. The molecule has 0 atom stereocenters. The molecule has 3 rings (SSSR count). The van der Waals surface area contributed by atoms with Gasteiger partial charge in [-0.25, -0.2) is 4.39 Å². The molecule has 0 unspecified atom stereocenters. The third-order valence-corrected chi connectivity index (χ3v) is 5.19. The monoisotopic (exact) mass is 420 g/mol. The summed E-state index contributed by atoms with van der Waals surface area (Å²) < 4.78 is 23.4. The van der Waals surface area contributed by atoms with Crippen molar-refractivity contribution in [3.8, 4) is 11.5 Å². The molecule has 1 fully saturated rings. The second kappa shape index (κ2) is 9.13. The van der Waals surface area contributed by atoms with Gasteiger partial charge in [-0.2, -0.15) is 0 Å². The number of carbonyl (C=O) groups excluding carboxylic acids is 2. The number of hydrogen-bond donors (Lipinski definition) is 1. The maximum Gasteiger partial charge on any atom is 0.254 e. The molecule has 29 heavy (non-hydrogen) atoms. The number of piperidine rings is 1. The molecule has 1 heterocycles. The summed E-state index contributed by atoms with van der Waals surface area (Å²) in [5, 5.41) is 3.24. The fourth-order valence-corrected chi connectivity index (χ4v) is 3.61. The predicted molar refractivity (Wildman–Crippen MR) is 107 cm³/mol. The minimum atomic E-state index is -0.386. The number of nitrogens with one attached hydrogen (secondary N) is 1. The Balaban J connectivity index is 1.60. The van der Waals surface area contributed by atoms with Gasteiger partial charge in [-0.1, -0.05) is 11.6 Å². The van der Waals surface area contributed by atoms with Crippen molar-refractivity contribution in [2.75, 3.05) is 27.3 Å². The first-order chi connectivity index (χ1) is 13.9. The number of carbonyl (C=O) groups is 2. The Hall–Kier alpha value is -2.80. The molecule has 1 aliphatic heterocycles. The van der Waals surface area contributed by atoms with Crippen LogP contribution in [0.5, 0.6) is 11.5 Å². The van der Waals surface area contributed by atoms with E-state index >= 15 is 0 Å². The Kier molecular flexibility index (Phi) is 6.59. The van der Waals surface area contributed by atoms with E-state index in [1.165, 1.54) is 38.5 Å². The zero-order valence-corrected chi connectivity index (χ0v) is 17.0. The van der Waals surface area contributed by atoms with Crippen LogP contribution in [0, 0.1) is 5.82 Å². The quantitative estimate of drug-likeness (QED) is 0.803. The molecule has 2 amide bonds. The van der Waals surface area contributed by atoms with Gasteiger partial charge in [0.15, 0.2) is 11.5 Å². The maximum atomic E-state index is 13.0. The average Bonchev–Trinajstić information content (AvgIpc) is 2.73. The van der Waals surface area contributed by atoms with Crippen molar-refractivity contribution in [3.05, 3.63) is 58.4 Å². The largest absolute Gasteiger partial charge is 0.493 e. The summed E-state index contributed by atoms with van der Waals surface area (Å²) in [6.07, 6.45) is 1.25. The molecule has 2 aromatic rings. The van der Waals surface area contributed by atoms with Crippen LogP contribution in [0.1, 0.15) is 33.6 Å². The Morgan fingerprint density at radius 3 is 2.31 bits per heavy atom. The average molecular weight is 421 g/mol. The van der Waals surface area contributed by atoms with E-state index in [1.807, 2.05) is 0 Å². The number of nitrogens with zero attached hydrogens (tertiary/aromatic N) is 1. The lowest BCUT2D eigenvalue weighted by Crippen LogP contribution is -2.46. The lowest BCUT2D eigenvalue weighted by Gasteiger charge is -2.32. The SMILES string of the molecule is COc1cc(C(=O)N2CCC(NC(=O)c3ccc(F)cc3)CC2)cc(Cl)c1OC. The van der Waals surface area contributed by atoms with Gasteiger partial charge in [-0.3, -0.25) is 9.59 Å². The Morgan fingerprint density at radius 2 is 1.72 bits per heavy atom. The first kappa shape index (κ1) is 20.9. The van der Waals surface area contributed by atoms with Gasteiger partial charge in [-0.15, -0.1) is 0 Å². The van der Waals surface area contributed by atoms with Gasteiger partial charge in [0.2, 0.25) is 0 Å². The number of rotatable bonds is 5. The van der Waals surface area contributed by atoms with Crippen LogP contribution in [0.4, 0.5) is 4.39 Å². The number of likely N-dealkylation sites (tertiary alicyclic amines) is 1. The Bertz CT molecular complexity index is 896. The minimum absolute atomic E-state index is 0.0504. The molecule has 1 saturated heterocycles. The highest BCUT2D eigenvalue weighted by Gasteiger charge is 2.26. The topological polar surface area (TPSA) is 67.9 Å². The molecule has 0 spiro atoms. The summed E-state index contributed by atoms with van der Waals surface area (Å²) in [5.74, 6) is -0.0148. The molecule has 8 heteroatoms. The highest BCUT2D eigenvalue weighted by Crippen LogP contribution is 2.36. The maximum absolute atomic E-state index is 13.0. The lowest BCUT2D eigenvalue weighted by molar-refractivity contribution is 0.0697. The lowest BCUT2D eigenvalue weighted by atomic mass is 10.0. The van der Waals surface area contributed by atoms with Crippen molar-refractivity contribution in [2.45, 2.75) is 18.9 Å². The van der Waals surface area contributed by atoms with Crippen molar-refractivity contribution < 1.29 is 23.5 Å². The number of benzene rings is 2. The molecule has 154 valence electrons. The Morgan fingerprint density at radius 1 is 1.07 bits per heavy atom. The van der Waals surface area contributed by atoms with Gasteiger partial charge in [-0.05, 0) is 49.2 Å². The van der Waals surface area contributed by atoms with Crippen LogP contribution in [0.15, 0.2) is 36.4 Å². The van der Waals surface area contributed by atoms with E-state index in [0.717, 1.165) is 0 Å². The second-order valence-electron chi connectivity index (χ2n) is 6.74. The molecule has 0 aromatic heterocycles. The van der Waals surface area contributed by atoms with E-state index in [4.69, 9.17) is 21.1 Å². The first-order valence-electron chi connectivity index (χ1n) is 9.20. The number of amides is 2. The minimum Gasteiger partial charge on any atom is -0.493 e. The molecule has 1 aliphatic rings. The molecular formula is C21H22ClFN2O4. The van der Waals surface area contributed by atoms with E-state index in [0.29, 0.717) is 53.6 Å². The smallest absolute Gasteiger partial charge is 0.254 e. The summed E-state index contributed by atoms with van der Waals surface area (Å²) in [5.41, 5.74) is 0.825. The van der Waals surface area contributed by atoms with Gasteiger partial charge in [0.25, 0.3) is 11.8 Å². The number of methoxy groups -OCH3 is 2. The van der Waals surface area contributed by atoms with Gasteiger partial charge in [0.05, 0.1) is 19.2 Å². The standard InChI is InChI=1S/C21H22ClFN2O4/c1-28-18-12-14(11-17(22)19(18)29-2)21(27)25-9-7-16(8-10-25)24-20(26)13-3-5-15(23)6-4-13/h3-6,11-12,16H,7-10H2,1-2H3,(H,24,26). The normalized spacial score (nSPS) is 14.4. The van der Waals surface area contributed by atoms with Crippen molar-refractivity contribution in [1.82, 2.24) is 10.2 Å². The van der Waals surface area contributed by atoms with Crippen LogP contribution in [-0.2, 0) is 0 Å². The van der Waals surface area contributed by atoms with Crippen LogP contribution in [0.2, 0.25) is 5.02 Å². The number of halogens is 2. The first-order valence-corrected chi connectivity index (χ1v) is 9.58. The molecule has 6 nitrogen and oxygen atoms in total. The zero-order valence-electron chi connectivity index (χ0n) is 16.2. The summed E-state index contributed by atoms with van der Waals surface area (Å²) in [6.45, 7) is 0.998. The van der Waals surface area contributed by atoms with Crippen LogP contribution in [0.3, 0.4) is 0 Å². The summed E-state index contributed by atoms with van der Waals surface area (Å²) in [4.78, 5) is 26.8. The van der Waals surface area contributed by atoms with Crippen molar-refractivity contribution >= 4 is 23.4 Å². The van der Waals surface area contributed by atoms with Crippen LogP contribution >= 0.6 is 11.6 Å². The van der Waals surface area contributed by atoms with Gasteiger partial charge < -0.3 is 19.7 Å². The van der Waals surface area contributed by atoms with Crippen molar-refractivity contribution in [3.63, 3.8) is 0 Å². The molecule has 0 bridgehead atoms. The number of hydrogen-bond acceptors (Lipinski definition) is 4. The van der Waals surface area contributed by atoms with Crippen molar-refractivity contribution in [1.29, 1.82) is 0 Å². The van der Waals surface area contributed by atoms with Crippen LogP contribution < -0.4 is 14.8 Å². The fourth-order valence-electron chi connectivity index (χ4n) is 3.32.